The van der Waals surface area contributed by atoms with E-state index in [1.807, 2.05) is 46.3 Å². The van der Waals surface area contributed by atoms with E-state index in [0.29, 0.717) is 18.2 Å². The summed E-state index contributed by atoms with van der Waals surface area (Å²) in [6.07, 6.45) is 5.36. The van der Waals surface area contributed by atoms with Crippen LogP contribution in [0.2, 0.25) is 0 Å². The number of rotatable bonds is 4. The first kappa shape index (κ1) is 17.1. The van der Waals surface area contributed by atoms with Gasteiger partial charge in [0.1, 0.15) is 5.82 Å². The maximum Gasteiger partial charge on any atom is 0.285 e. The monoisotopic (exact) mass is 364 g/mol. The Kier molecular flexibility index (Phi) is 4.53. The highest BCUT2D eigenvalue weighted by Crippen LogP contribution is 2.23. The van der Waals surface area contributed by atoms with Gasteiger partial charge in [-0.3, -0.25) is 9.69 Å². The number of carbonyl (C=O) groups is 1. The number of hydrogen-bond acceptors (Lipinski definition) is 5. The molecule has 2 aliphatic heterocycles. The second-order valence-corrected chi connectivity index (χ2v) is 6.17. The zero-order valence-electron chi connectivity index (χ0n) is 14.3. The first-order valence-electron chi connectivity index (χ1n) is 8.41. The van der Waals surface area contributed by atoms with Crippen LogP contribution in [-0.4, -0.2) is 23.5 Å². The van der Waals surface area contributed by atoms with Crippen molar-refractivity contribution in [1.29, 1.82) is 0 Å². The molecule has 0 saturated heterocycles. The van der Waals surface area contributed by atoms with Crippen molar-refractivity contribution in [2.24, 2.45) is 4.99 Å². The van der Waals surface area contributed by atoms with E-state index in [9.17, 15) is 14.3 Å². The summed E-state index contributed by atoms with van der Waals surface area (Å²) >= 11 is 0. The number of benzene rings is 2. The molecule has 1 amide bonds. The molecule has 2 N–H and O–H groups in total. The van der Waals surface area contributed by atoms with Crippen molar-refractivity contribution >= 4 is 23.1 Å². The summed E-state index contributed by atoms with van der Waals surface area (Å²) in [4.78, 5) is 20.6. The second-order valence-electron chi connectivity index (χ2n) is 6.17. The normalized spacial score (nSPS) is 16.0. The Balaban J connectivity index is 1.49. The molecule has 0 saturated carbocycles. The molecule has 1 radical (unpaired) electrons. The zero-order chi connectivity index (χ0) is 18.8. The quantitative estimate of drug-likeness (QED) is 0.820. The maximum atomic E-state index is 13.3. The maximum absolute atomic E-state index is 13.3. The fourth-order valence-electron chi connectivity index (χ4n) is 2.92. The van der Waals surface area contributed by atoms with E-state index in [-0.39, 0.29) is 12.3 Å². The fraction of sp³-hybridized carbons (Fsp3) is 0.100. The Bertz CT molecular complexity index is 983. The van der Waals surface area contributed by atoms with Gasteiger partial charge in [-0.1, -0.05) is 23.1 Å². The van der Waals surface area contributed by atoms with Crippen LogP contribution in [0, 0.1) is 5.82 Å². The minimum Gasteiger partial charge on any atom is -0.392 e. The SMILES string of the molecule is O=C(Nc1cccc(F)c1)C1=C[N+]2CN(c3cccc(CO)c3)C=CC2=N1. The highest BCUT2D eigenvalue weighted by molar-refractivity contribution is 6.10. The summed E-state index contributed by atoms with van der Waals surface area (Å²) < 4.78 is 13.3. The van der Waals surface area contributed by atoms with E-state index in [2.05, 4.69) is 10.3 Å². The largest absolute Gasteiger partial charge is 0.392 e. The topological polar surface area (TPSA) is 70.8 Å². The van der Waals surface area contributed by atoms with E-state index in [1.54, 1.807) is 12.3 Å². The highest BCUT2D eigenvalue weighted by atomic mass is 19.1. The van der Waals surface area contributed by atoms with E-state index >= 15 is 0 Å². The molecule has 0 fully saturated rings. The molecule has 2 heterocycles. The summed E-state index contributed by atoms with van der Waals surface area (Å²) in [5.74, 6) is -0.153. The van der Waals surface area contributed by atoms with Crippen LogP contribution in [0.1, 0.15) is 5.56 Å². The molecule has 0 aliphatic carbocycles. The molecule has 7 heteroatoms. The van der Waals surface area contributed by atoms with Gasteiger partial charge in [-0.15, -0.1) is 0 Å². The lowest BCUT2D eigenvalue weighted by Gasteiger charge is -2.22. The number of hydrogen-bond donors (Lipinski definition) is 2. The molecule has 27 heavy (non-hydrogen) atoms. The van der Waals surface area contributed by atoms with Crippen LogP contribution in [0.3, 0.4) is 0 Å². The number of nitrogens with one attached hydrogen (secondary N) is 1. The molecule has 0 aromatic heterocycles. The van der Waals surface area contributed by atoms with E-state index in [1.165, 1.54) is 18.2 Å². The molecule has 135 valence electrons. The third-order valence-corrected chi connectivity index (χ3v) is 4.26. The van der Waals surface area contributed by atoms with E-state index < -0.39 is 11.7 Å². The van der Waals surface area contributed by atoms with E-state index in [0.717, 1.165) is 11.3 Å². The Morgan fingerprint density at radius 1 is 1.26 bits per heavy atom. The van der Waals surface area contributed by atoms with Crippen molar-refractivity contribution in [3.8, 4) is 0 Å². The van der Waals surface area contributed by atoms with Crippen LogP contribution in [0.4, 0.5) is 15.8 Å². The average Bonchev–Trinajstić information content (AvgIpc) is 3.11. The first-order chi connectivity index (χ1) is 13.1. The Morgan fingerprint density at radius 3 is 2.93 bits per heavy atom. The molecular weight excluding hydrogens is 347 g/mol. The van der Waals surface area contributed by atoms with Gasteiger partial charge in [-0.25, -0.2) is 4.39 Å². The highest BCUT2D eigenvalue weighted by Gasteiger charge is 2.35. The number of aliphatic imine (C=N–C) groups is 1. The number of nitrogens with zero attached hydrogens (tertiary/aromatic N) is 3. The van der Waals surface area contributed by atoms with Crippen molar-refractivity contribution in [2.75, 3.05) is 16.9 Å². The lowest BCUT2D eigenvalue weighted by Crippen LogP contribution is -2.41. The minimum absolute atomic E-state index is 0.0217. The van der Waals surface area contributed by atoms with E-state index in [4.69, 9.17) is 0 Å². The molecule has 0 spiro atoms. The predicted octanol–water partition coefficient (Wildman–Crippen LogP) is 2.64. The standard InChI is InChI=1S/C20H17FN4O2/c21-15-4-2-5-16(10-15)22-20(27)18-11-25-13-24(8-7-19(25)23-18)17-6-1-3-14(9-17)12-26/h1-11,26H,12-13H2,(H,22,27)/q+1. The van der Waals surface area contributed by atoms with Crippen LogP contribution >= 0.6 is 0 Å². The van der Waals surface area contributed by atoms with Crippen molar-refractivity contribution in [2.45, 2.75) is 6.61 Å². The Morgan fingerprint density at radius 2 is 2.11 bits per heavy atom. The fourth-order valence-corrected chi connectivity index (χ4v) is 2.92. The molecule has 2 aromatic carbocycles. The number of amides is 1. The Labute approximate surface area is 155 Å². The number of aliphatic hydroxyl groups is 1. The smallest absolute Gasteiger partial charge is 0.285 e. The summed E-state index contributed by atoms with van der Waals surface area (Å²) in [5.41, 5.74) is 2.39. The van der Waals surface area contributed by atoms with Crippen LogP contribution in [0.15, 0.2) is 77.7 Å². The molecule has 0 unspecified atom stereocenters. The summed E-state index contributed by atoms with van der Waals surface area (Å²) in [5, 5.41) is 11.9. The zero-order valence-corrected chi connectivity index (χ0v) is 14.3. The van der Waals surface area contributed by atoms with Gasteiger partial charge in [0.2, 0.25) is 6.67 Å². The van der Waals surface area contributed by atoms with Crippen molar-refractivity contribution in [1.82, 2.24) is 4.90 Å². The third kappa shape index (κ3) is 3.64. The lowest BCUT2D eigenvalue weighted by molar-refractivity contribution is -0.112. The van der Waals surface area contributed by atoms with Crippen LogP contribution in [-0.2, 0) is 11.4 Å². The molecule has 4 rings (SSSR count). The molecule has 0 bridgehead atoms. The van der Waals surface area contributed by atoms with Gasteiger partial charge in [-0.05, 0) is 35.9 Å². The first-order valence-corrected chi connectivity index (χ1v) is 8.41. The van der Waals surface area contributed by atoms with Gasteiger partial charge < -0.3 is 10.4 Å². The van der Waals surface area contributed by atoms with Crippen LogP contribution in [0.5, 0.6) is 0 Å². The second kappa shape index (κ2) is 7.14. The molecule has 2 aromatic rings. The van der Waals surface area contributed by atoms with Gasteiger partial charge in [0.25, 0.3) is 11.7 Å². The molecule has 2 aliphatic rings. The number of fused-ring (bicyclic) bond motifs is 1. The summed E-state index contributed by atoms with van der Waals surface area (Å²) in [6.45, 7) is 0.465. The summed E-state index contributed by atoms with van der Waals surface area (Å²) in [6, 6.07) is 13.3. The van der Waals surface area contributed by atoms with Gasteiger partial charge >= 0.3 is 0 Å². The third-order valence-electron chi connectivity index (χ3n) is 4.26. The van der Waals surface area contributed by atoms with Crippen LogP contribution in [0.25, 0.3) is 0 Å². The molecular formula is C20H17FN4O2+. The van der Waals surface area contributed by atoms with Crippen molar-refractivity contribution < 1.29 is 14.3 Å². The molecule has 0 atom stereocenters. The molecule has 6 nitrogen and oxygen atoms in total. The number of carbonyl (C=O) groups excluding carboxylic acids is 1. The van der Waals surface area contributed by atoms with Gasteiger partial charge in [0.05, 0.1) is 6.61 Å². The Hall–Kier alpha value is -3.29. The number of anilines is 2. The van der Waals surface area contributed by atoms with Gasteiger partial charge in [0.15, 0.2) is 11.9 Å². The van der Waals surface area contributed by atoms with Gasteiger partial charge in [-0.2, -0.15) is 4.99 Å². The minimum atomic E-state index is -0.416. The number of aliphatic hydroxyl groups excluding tert-OH is 1. The predicted molar refractivity (Wildman–Crippen MR) is 102 cm³/mol. The summed E-state index contributed by atoms with van der Waals surface area (Å²) in [7, 11) is 0. The average molecular weight is 364 g/mol. The van der Waals surface area contributed by atoms with Crippen molar-refractivity contribution in [3.05, 3.63) is 84.1 Å². The number of halogens is 1. The number of amidine groups is 1. The lowest BCUT2D eigenvalue weighted by atomic mass is 10.2. The van der Waals surface area contributed by atoms with Crippen LogP contribution < -0.4 is 15.1 Å². The van der Waals surface area contributed by atoms with Gasteiger partial charge in [0, 0.05) is 23.7 Å². The van der Waals surface area contributed by atoms with Crippen molar-refractivity contribution in [3.63, 3.8) is 0 Å².